The van der Waals surface area contributed by atoms with Crippen molar-refractivity contribution in [2.45, 2.75) is 43.9 Å². The Morgan fingerprint density at radius 2 is 2.00 bits per heavy atom. The van der Waals surface area contributed by atoms with Crippen molar-refractivity contribution in [3.8, 4) is 0 Å². The molecular weight excluding hydrogens is 310 g/mol. The van der Waals surface area contributed by atoms with Gasteiger partial charge >= 0.3 is 0 Å². The Morgan fingerprint density at radius 3 is 2.67 bits per heavy atom. The van der Waals surface area contributed by atoms with Crippen LogP contribution in [0, 0.1) is 6.92 Å². The maximum Gasteiger partial charge on any atom is 0.290 e. The van der Waals surface area contributed by atoms with Gasteiger partial charge in [-0.15, -0.1) is 0 Å². The number of hydrogen-bond acceptors (Lipinski definition) is 5. The van der Waals surface area contributed by atoms with Gasteiger partial charge in [0.05, 0.1) is 23.6 Å². The van der Waals surface area contributed by atoms with Crippen LogP contribution >= 0.6 is 0 Å². The van der Waals surface area contributed by atoms with Gasteiger partial charge in [0, 0.05) is 5.56 Å². The van der Waals surface area contributed by atoms with Gasteiger partial charge in [-0.1, -0.05) is 12.1 Å². The molecule has 0 unspecified atom stereocenters. The molecule has 6 heteroatoms. The number of para-hydroxylation sites is 1. The molecule has 6 nitrogen and oxygen atoms in total. The van der Waals surface area contributed by atoms with E-state index in [1.807, 2.05) is 0 Å². The molecule has 1 aliphatic heterocycles. The van der Waals surface area contributed by atoms with E-state index in [1.54, 1.807) is 31.2 Å². The van der Waals surface area contributed by atoms with Crippen LogP contribution < -0.4 is 5.43 Å². The third kappa shape index (κ3) is 1.90. The average Bonchev–Trinajstić information content (AvgIpc) is 2.82. The molecule has 2 fully saturated rings. The first-order valence-corrected chi connectivity index (χ1v) is 8.16. The highest BCUT2D eigenvalue weighted by Gasteiger charge is 2.58. The average molecular weight is 329 g/mol. The monoisotopic (exact) mass is 329 g/mol. The summed E-state index contributed by atoms with van der Waals surface area (Å²) in [5.74, 6) is -0.447. The first-order valence-electron chi connectivity index (χ1n) is 8.16. The van der Waals surface area contributed by atoms with Crippen LogP contribution in [0.15, 0.2) is 33.5 Å². The van der Waals surface area contributed by atoms with Gasteiger partial charge < -0.3 is 19.5 Å². The summed E-state index contributed by atoms with van der Waals surface area (Å²) >= 11 is 0. The van der Waals surface area contributed by atoms with E-state index >= 15 is 0 Å². The van der Waals surface area contributed by atoms with Crippen molar-refractivity contribution in [3.05, 3.63) is 45.8 Å². The molecule has 1 aromatic carbocycles. The Hall–Kier alpha value is -2.18. The molecular formula is C18H19NO5. The van der Waals surface area contributed by atoms with Crippen molar-refractivity contribution in [1.82, 2.24) is 4.90 Å². The smallest absolute Gasteiger partial charge is 0.290 e. The summed E-state index contributed by atoms with van der Waals surface area (Å²) in [7, 11) is 0. The summed E-state index contributed by atoms with van der Waals surface area (Å²) < 4.78 is 5.73. The van der Waals surface area contributed by atoms with Crippen molar-refractivity contribution < 1.29 is 19.4 Å². The van der Waals surface area contributed by atoms with Gasteiger partial charge in [-0.25, -0.2) is 0 Å². The molecule has 0 bridgehead atoms. The number of β-amino-alcohol motifs (C(OH)–C–C–N with tert-alkyl or cyclic N) is 1. The molecule has 1 aromatic heterocycles. The fraction of sp³-hybridized carbons (Fsp3) is 0.444. The number of aliphatic hydroxyl groups is 2. The summed E-state index contributed by atoms with van der Waals surface area (Å²) in [4.78, 5) is 27.0. The number of benzene rings is 1. The maximum atomic E-state index is 13.0. The molecule has 4 rings (SSSR count). The van der Waals surface area contributed by atoms with E-state index < -0.39 is 23.7 Å². The van der Waals surface area contributed by atoms with Gasteiger partial charge in [-0.2, -0.15) is 0 Å². The molecule has 1 saturated carbocycles. The molecule has 2 heterocycles. The minimum absolute atomic E-state index is 0.00808. The van der Waals surface area contributed by atoms with Crippen molar-refractivity contribution in [2.24, 2.45) is 0 Å². The van der Waals surface area contributed by atoms with E-state index in [-0.39, 0.29) is 23.3 Å². The standard InChI is InChI=1S/C18H19NO5/c1-10-14(21)11-5-2-3-6-13(11)24-15(10)17(23)19-9-12(20)16(22)18(19)7-4-8-18/h2-3,5-6,12,16,20,22H,4,7-9H2,1H3/t12-,16-/m1/s1. The zero-order chi connectivity index (χ0) is 17.1. The third-order valence-corrected chi connectivity index (χ3v) is 5.51. The van der Waals surface area contributed by atoms with Gasteiger partial charge in [-0.3, -0.25) is 9.59 Å². The van der Waals surface area contributed by atoms with Crippen molar-refractivity contribution >= 4 is 16.9 Å². The zero-order valence-electron chi connectivity index (χ0n) is 13.4. The van der Waals surface area contributed by atoms with E-state index in [9.17, 15) is 19.8 Å². The maximum absolute atomic E-state index is 13.0. The van der Waals surface area contributed by atoms with Crippen LogP contribution in [0.2, 0.25) is 0 Å². The Morgan fingerprint density at radius 1 is 1.29 bits per heavy atom. The Bertz CT molecular complexity index is 883. The number of hydrogen-bond donors (Lipinski definition) is 2. The second-order valence-corrected chi connectivity index (χ2v) is 6.77. The lowest BCUT2D eigenvalue weighted by atomic mass is 9.72. The summed E-state index contributed by atoms with van der Waals surface area (Å²) in [6.07, 6.45) is 0.264. The van der Waals surface area contributed by atoms with Crippen LogP contribution in [-0.2, 0) is 0 Å². The first-order chi connectivity index (χ1) is 11.5. The normalized spacial score (nSPS) is 25.2. The van der Waals surface area contributed by atoms with Crippen LogP contribution in [0.5, 0.6) is 0 Å². The summed E-state index contributed by atoms with van der Waals surface area (Å²) in [6, 6.07) is 6.81. The van der Waals surface area contributed by atoms with Crippen LogP contribution in [0.25, 0.3) is 11.0 Å². The first kappa shape index (κ1) is 15.4. The van der Waals surface area contributed by atoms with Crippen molar-refractivity contribution in [1.29, 1.82) is 0 Å². The lowest BCUT2D eigenvalue weighted by Crippen LogP contribution is -2.58. The Labute approximate surface area is 138 Å². The van der Waals surface area contributed by atoms with Gasteiger partial charge in [0.1, 0.15) is 11.7 Å². The fourth-order valence-corrected chi connectivity index (χ4v) is 3.94. The molecule has 1 spiro atoms. The predicted molar refractivity (Wildman–Crippen MR) is 86.9 cm³/mol. The summed E-state index contributed by atoms with van der Waals surface area (Å²) in [5, 5.41) is 20.8. The number of carbonyl (C=O) groups is 1. The summed E-state index contributed by atoms with van der Waals surface area (Å²) in [6.45, 7) is 1.62. The molecule has 126 valence electrons. The third-order valence-electron chi connectivity index (χ3n) is 5.51. The lowest BCUT2D eigenvalue weighted by Gasteiger charge is -2.47. The predicted octanol–water partition coefficient (Wildman–Crippen LogP) is 1.20. The Kier molecular flexibility index (Phi) is 3.30. The quantitative estimate of drug-likeness (QED) is 0.820. The second-order valence-electron chi connectivity index (χ2n) is 6.77. The largest absolute Gasteiger partial charge is 0.450 e. The minimum Gasteiger partial charge on any atom is -0.450 e. The molecule has 24 heavy (non-hydrogen) atoms. The molecule has 2 N–H and O–H groups in total. The SMILES string of the molecule is Cc1c(C(=O)N2C[C@@H](O)[C@@H](O)C23CCC3)oc2ccccc2c1=O. The number of carbonyl (C=O) groups excluding carboxylic acids is 1. The number of rotatable bonds is 1. The van der Waals surface area contributed by atoms with Crippen molar-refractivity contribution in [3.63, 3.8) is 0 Å². The molecule has 0 radical (unpaired) electrons. The van der Waals surface area contributed by atoms with E-state index in [2.05, 4.69) is 0 Å². The number of aliphatic hydroxyl groups excluding tert-OH is 2. The molecule has 1 amide bonds. The fourth-order valence-electron chi connectivity index (χ4n) is 3.94. The van der Waals surface area contributed by atoms with E-state index in [4.69, 9.17) is 4.42 Å². The second kappa shape index (κ2) is 5.16. The number of nitrogens with zero attached hydrogens (tertiary/aromatic N) is 1. The molecule has 1 saturated heterocycles. The van der Waals surface area contributed by atoms with Gasteiger partial charge in [0.25, 0.3) is 5.91 Å². The van der Waals surface area contributed by atoms with Gasteiger partial charge in [-0.05, 0) is 38.3 Å². The highest BCUT2D eigenvalue weighted by molar-refractivity contribution is 5.95. The Balaban J connectivity index is 1.82. The number of fused-ring (bicyclic) bond motifs is 1. The van der Waals surface area contributed by atoms with Crippen LogP contribution in [0.3, 0.4) is 0 Å². The van der Waals surface area contributed by atoms with E-state index in [0.717, 1.165) is 6.42 Å². The topological polar surface area (TPSA) is 91.0 Å². The van der Waals surface area contributed by atoms with Crippen LogP contribution in [0.1, 0.15) is 35.4 Å². The van der Waals surface area contributed by atoms with Crippen molar-refractivity contribution in [2.75, 3.05) is 6.54 Å². The molecule has 2 atom stereocenters. The van der Waals surface area contributed by atoms with Gasteiger partial charge in [0.2, 0.25) is 0 Å². The summed E-state index contributed by atoms with van der Waals surface area (Å²) in [5.41, 5.74) is -0.348. The van der Waals surface area contributed by atoms with Gasteiger partial charge in [0.15, 0.2) is 11.2 Å². The molecule has 1 aliphatic carbocycles. The lowest BCUT2D eigenvalue weighted by molar-refractivity contribution is -0.0450. The van der Waals surface area contributed by atoms with Crippen LogP contribution in [-0.4, -0.2) is 45.3 Å². The van der Waals surface area contributed by atoms with E-state index in [0.29, 0.717) is 23.8 Å². The minimum atomic E-state index is -0.971. The molecule has 2 aromatic rings. The number of amides is 1. The highest BCUT2D eigenvalue weighted by atomic mass is 16.4. The number of likely N-dealkylation sites (tertiary alicyclic amines) is 1. The van der Waals surface area contributed by atoms with E-state index in [1.165, 1.54) is 4.90 Å². The molecule has 2 aliphatic rings. The highest BCUT2D eigenvalue weighted by Crippen LogP contribution is 2.46. The zero-order valence-corrected chi connectivity index (χ0v) is 13.4. The van der Waals surface area contributed by atoms with Crippen LogP contribution in [0.4, 0.5) is 0 Å².